The zero-order valence-electron chi connectivity index (χ0n) is 8.52. The summed E-state index contributed by atoms with van der Waals surface area (Å²) in [5.41, 5.74) is 8.01. The molecule has 5 nitrogen and oxygen atoms in total. The van der Waals surface area contributed by atoms with Crippen LogP contribution < -0.4 is 0 Å². The van der Waals surface area contributed by atoms with Crippen molar-refractivity contribution in [2.75, 3.05) is 7.11 Å². The van der Waals surface area contributed by atoms with Gasteiger partial charge >= 0.3 is 12.2 Å². The van der Waals surface area contributed by atoms with Gasteiger partial charge in [0.1, 0.15) is 0 Å². The van der Waals surface area contributed by atoms with Crippen molar-refractivity contribution < 1.29 is 19.1 Å². The topological polar surface area (TPSA) is 79.8 Å². The number of hydrogen-bond donors (Lipinski definition) is 0. The largest absolute Gasteiger partial charge is 0.469 e. The van der Waals surface area contributed by atoms with Gasteiger partial charge in [-0.25, -0.2) is 0 Å². The molecule has 0 aromatic heterocycles. The highest BCUT2D eigenvalue weighted by molar-refractivity contribution is 6.25. The summed E-state index contributed by atoms with van der Waals surface area (Å²) in [6.07, 6.45) is 2.32. The van der Waals surface area contributed by atoms with Crippen molar-refractivity contribution in [3.63, 3.8) is 0 Å². The molecule has 0 aromatic carbocycles. The SMILES string of the molecule is COC(=O)CCCC#CCC(=O)C=[N+]=[N-]. The number of Topliss-reactive ketones (excluding diaryl/α,β-unsaturated/α-hetero) is 1. The lowest BCUT2D eigenvalue weighted by atomic mass is 10.2. The number of rotatable bonds is 5. The van der Waals surface area contributed by atoms with E-state index in [-0.39, 0.29) is 18.2 Å². The maximum Gasteiger partial charge on any atom is 0.324 e. The number of esters is 1. The molecule has 5 heteroatoms. The van der Waals surface area contributed by atoms with E-state index in [1.54, 1.807) is 0 Å². The minimum atomic E-state index is -0.349. The summed E-state index contributed by atoms with van der Waals surface area (Å²) in [5.74, 6) is 4.73. The van der Waals surface area contributed by atoms with E-state index in [4.69, 9.17) is 5.53 Å². The Hall–Kier alpha value is -1.92. The van der Waals surface area contributed by atoms with Gasteiger partial charge in [-0.3, -0.25) is 9.59 Å². The first-order chi connectivity index (χ1) is 7.20. The van der Waals surface area contributed by atoms with Crippen molar-refractivity contribution in [1.82, 2.24) is 0 Å². The van der Waals surface area contributed by atoms with Gasteiger partial charge in [0.2, 0.25) is 5.78 Å². The summed E-state index contributed by atoms with van der Waals surface area (Å²) < 4.78 is 4.44. The van der Waals surface area contributed by atoms with Crippen LogP contribution in [0.1, 0.15) is 25.7 Å². The molecule has 15 heavy (non-hydrogen) atoms. The Morgan fingerprint density at radius 1 is 1.47 bits per heavy atom. The molecule has 0 radical (unpaired) electrons. The molecule has 0 aliphatic rings. The molecule has 0 aliphatic carbocycles. The Bertz CT molecular complexity index is 332. The Labute approximate surface area is 88.0 Å². The quantitative estimate of drug-likeness (QED) is 0.166. The molecule has 0 unspecified atom stereocenters. The second kappa shape index (κ2) is 8.67. The summed E-state index contributed by atoms with van der Waals surface area (Å²) in [4.78, 5) is 24.0. The lowest BCUT2D eigenvalue weighted by Gasteiger charge is -1.93. The van der Waals surface area contributed by atoms with Crippen LogP contribution >= 0.6 is 0 Å². The number of unbranched alkanes of at least 4 members (excludes halogenated alkanes) is 1. The molecule has 0 amide bonds. The van der Waals surface area contributed by atoms with Crippen LogP contribution in [0.3, 0.4) is 0 Å². The number of carbonyl (C=O) groups excluding carboxylic acids is 2. The summed E-state index contributed by atoms with van der Waals surface area (Å²) in [6, 6.07) is 0. The average molecular weight is 208 g/mol. The first-order valence-electron chi connectivity index (χ1n) is 4.43. The summed E-state index contributed by atoms with van der Waals surface area (Å²) in [5, 5.41) is 0. The first kappa shape index (κ1) is 13.1. The van der Waals surface area contributed by atoms with E-state index in [1.807, 2.05) is 0 Å². The molecular formula is C10H12N2O3. The zero-order chi connectivity index (χ0) is 11.5. The van der Waals surface area contributed by atoms with E-state index in [0.29, 0.717) is 19.3 Å². The molecule has 0 fully saturated rings. The molecule has 0 aliphatic heterocycles. The maximum absolute atomic E-state index is 10.7. The smallest absolute Gasteiger partial charge is 0.324 e. The fourth-order valence-corrected chi connectivity index (χ4v) is 0.771. The lowest BCUT2D eigenvalue weighted by Crippen LogP contribution is -1.99. The monoisotopic (exact) mass is 208 g/mol. The van der Waals surface area contributed by atoms with E-state index < -0.39 is 0 Å². The van der Waals surface area contributed by atoms with E-state index in [1.165, 1.54) is 7.11 Å². The van der Waals surface area contributed by atoms with Crippen molar-refractivity contribution in [3.05, 3.63) is 5.53 Å². The molecule has 0 bridgehead atoms. The second-order valence-corrected chi connectivity index (χ2v) is 2.67. The third-order valence-electron chi connectivity index (χ3n) is 1.50. The summed E-state index contributed by atoms with van der Waals surface area (Å²) in [6.45, 7) is 0. The fourth-order valence-electron chi connectivity index (χ4n) is 0.771. The average Bonchev–Trinajstić information content (AvgIpc) is 2.23. The van der Waals surface area contributed by atoms with Crippen LogP contribution in [0.5, 0.6) is 0 Å². The van der Waals surface area contributed by atoms with E-state index in [9.17, 15) is 9.59 Å². The molecule has 0 aromatic rings. The molecule has 0 spiro atoms. The summed E-state index contributed by atoms with van der Waals surface area (Å²) in [7, 11) is 1.33. The van der Waals surface area contributed by atoms with Gasteiger partial charge in [0, 0.05) is 12.8 Å². The molecule has 0 rings (SSSR count). The zero-order valence-corrected chi connectivity index (χ0v) is 8.52. The van der Waals surface area contributed by atoms with Crippen LogP contribution in [-0.2, 0) is 14.3 Å². The molecular weight excluding hydrogens is 196 g/mol. The molecule has 0 atom stereocenters. The normalized spacial score (nSPS) is 8.07. The molecule has 0 heterocycles. The Balaban J connectivity index is 3.59. The molecule has 0 saturated carbocycles. The standard InChI is InChI=1S/C10H12N2O3/c1-15-10(14)7-5-3-2-4-6-9(13)8-12-11/h8H,3,5-7H2,1H3. The number of carbonyl (C=O) groups is 2. The second-order valence-electron chi connectivity index (χ2n) is 2.67. The van der Waals surface area contributed by atoms with Crippen molar-refractivity contribution in [1.29, 1.82) is 0 Å². The lowest BCUT2D eigenvalue weighted by molar-refractivity contribution is -0.140. The van der Waals surface area contributed by atoms with Crippen molar-refractivity contribution >= 4 is 18.0 Å². The highest BCUT2D eigenvalue weighted by Gasteiger charge is 1.98. The van der Waals surface area contributed by atoms with Gasteiger partial charge in [-0.2, -0.15) is 4.79 Å². The van der Waals surface area contributed by atoms with Crippen LogP contribution in [0.25, 0.3) is 5.53 Å². The minimum absolute atomic E-state index is 0.0300. The van der Waals surface area contributed by atoms with Gasteiger partial charge in [-0.1, -0.05) is 5.92 Å². The number of hydrogen-bond acceptors (Lipinski definition) is 3. The highest BCUT2D eigenvalue weighted by Crippen LogP contribution is 1.95. The van der Waals surface area contributed by atoms with Crippen LogP contribution in [0.2, 0.25) is 0 Å². The Kier molecular flexibility index (Phi) is 7.56. The Morgan fingerprint density at radius 2 is 2.20 bits per heavy atom. The van der Waals surface area contributed by atoms with Crippen LogP contribution in [0, 0.1) is 11.8 Å². The predicted octanol–water partition coefficient (Wildman–Crippen LogP) is 0.593. The van der Waals surface area contributed by atoms with E-state index in [2.05, 4.69) is 21.4 Å². The van der Waals surface area contributed by atoms with Gasteiger partial charge in [-0.05, 0) is 6.42 Å². The van der Waals surface area contributed by atoms with Crippen molar-refractivity contribution in [2.45, 2.75) is 25.7 Å². The van der Waals surface area contributed by atoms with Gasteiger partial charge in [0.05, 0.1) is 13.5 Å². The van der Waals surface area contributed by atoms with Crippen LogP contribution in [-0.4, -0.2) is 29.9 Å². The number of nitrogens with zero attached hydrogens (tertiary/aromatic N) is 2. The number of ketones is 1. The van der Waals surface area contributed by atoms with Gasteiger partial charge in [0.15, 0.2) is 0 Å². The highest BCUT2D eigenvalue weighted by atomic mass is 16.5. The van der Waals surface area contributed by atoms with Crippen molar-refractivity contribution in [3.8, 4) is 11.8 Å². The minimum Gasteiger partial charge on any atom is -0.469 e. The molecule has 0 N–H and O–H groups in total. The number of methoxy groups -OCH3 is 1. The fraction of sp³-hybridized carbons (Fsp3) is 0.500. The van der Waals surface area contributed by atoms with E-state index >= 15 is 0 Å². The predicted molar refractivity (Wildman–Crippen MR) is 53.0 cm³/mol. The first-order valence-corrected chi connectivity index (χ1v) is 4.43. The van der Waals surface area contributed by atoms with Crippen LogP contribution in [0.4, 0.5) is 0 Å². The van der Waals surface area contributed by atoms with Gasteiger partial charge in [0.25, 0.3) is 0 Å². The molecule has 0 saturated heterocycles. The molecule has 80 valence electrons. The van der Waals surface area contributed by atoms with Crippen LogP contribution in [0.15, 0.2) is 0 Å². The summed E-state index contributed by atoms with van der Waals surface area (Å²) >= 11 is 0. The Morgan fingerprint density at radius 3 is 2.80 bits per heavy atom. The third kappa shape index (κ3) is 8.41. The van der Waals surface area contributed by atoms with E-state index in [0.717, 1.165) is 6.21 Å². The van der Waals surface area contributed by atoms with Crippen molar-refractivity contribution in [2.24, 2.45) is 0 Å². The number of ether oxygens (including phenoxy) is 1. The van der Waals surface area contributed by atoms with Gasteiger partial charge < -0.3 is 10.3 Å². The third-order valence-corrected chi connectivity index (χ3v) is 1.50. The van der Waals surface area contributed by atoms with Gasteiger partial charge in [-0.15, -0.1) is 5.92 Å². The maximum atomic E-state index is 10.7.